The predicted molar refractivity (Wildman–Crippen MR) is 75.8 cm³/mol. The number of halogens is 3. The zero-order valence-corrected chi connectivity index (χ0v) is 12.2. The van der Waals surface area contributed by atoms with Gasteiger partial charge in [0.1, 0.15) is 0 Å². The van der Waals surface area contributed by atoms with Gasteiger partial charge in [-0.25, -0.2) is 0 Å². The fourth-order valence-corrected chi connectivity index (χ4v) is 2.68. The first kappa shape index (κ1) is 16.2. The second-order valence-electron chi connectivity index (χ2n) is 5.07. The Balaban J connectivity index is 2.67. The van der Waals surface area contributed by atoms with Gasteiger partial charge in [0.15, 0.2) is 0 Å². The van der Waals surface area contributed by atoms with Gasteiger partial charge >= 0.3 is 6.18 Å². The van der Waals surface area contributed by atoms with Crippen LogP contribution < -0.4 is 5.32 Å². The maximum absolute atomic E-state index is 12.3. The van der Waals surface area contributed by atoms with Gasteiger partial charge in [-0.15, -0.1) is 11.8 Å². The highest BCUT2D eigenvalue weighted by Crippen LogP contribution is 2.32. The molecule has 0 heterocycles. The molecule has 1 rings (SSSR count). The molecule has 0 aromatic heterocycles. The SMILES string of the molecule is CC(C)CC(C)Nc1ccccc1SCC(F)(F)F. The number of hydrogen-bond donors (Lipinski definition) is 1. The molecule has 0 aliphatic heterocycles. The lowest BCUT2D eigenvalue weighted by molar-refractivity contribution is -0.105. The second-order valence-corrected chi connectivity index (χ2v) is 6.09. The molecule has 0 radical (unpaired) electrons. The minimum atomic E-state index is -4.14. The first-order valence-corrected chi connectivity index (χ1v) is 7.31. The third-order valence-corrected chi connectivity index (χ3v) is 3.64. The Morgan fingerprint density at radius 1 is 1.16 bits per heavy atom. The lowest BCUT2D eigenvalue weighted by Gasteiger charge is -2.19. The summed E-state index contributed by atoms with van der Waals surface area (Å²) in [5.74, 6) is -0.304. The molecular formula is C14H20F3NS. The van der Waals surface area contributed by atoms with Crippen molar-refractivity contribution in [2.45, 2.75) is 44.3 Å². The molecule has 0 aliphatic rings. The first-order valence-electron chi connectivity index (χ1n) is 6.33. The molecule has 1 atom stereocenters. The van der Waals surface area contributed by atoms with E-state index in [-0.39, 0.29) is 6.04 Å². The van der Waals surface area contributed by atoms with E-state index in [2.05, 4.69) is 19.2 Å². The van der Waals surface area contributed by atoms with E-state index in [0.717, 1.165) is 23.9 Å². The van der Waals surface area contributed by atoms with Gasteiger partial charge < -0.3 is 5.32 Å². The molecule has 1 unspecified atom stereocenters. The van der Waals surface area contributed by atoms with Crippen molar-refractivity contribution in [3.63, 3.8) is 0 Å². The zero-order valence-electron chi connectivity index (χ0n) is 11.4. The summed E-state index contributed by atoms with van der Waals surface area (Å²) in [6.07, 6.45) is -3.15. The van der Waals surface area contributed by atoms with Crippen LogP contribution in [0.2, 0.25) is 0 Å². The van der Waals surface area contributed by atoms with Crippen molar-refractivity contribution in [2.24, 2.45) is 5.92 Å². The van der Waals surface area contributed by atoms with Gasteiger partial charge in [0, 0.05) is 16.6 Å². The molecule has 1 N–H and O–H groups in total. The molecule has 1 aromatic rings. The molecule has 0 amide bonds. The Morgan fingerprint density at radius 3 is 2.37 bits per heavy atom. The number of thioether (sulfide) groups is 1. The Hall–Kier alpha value is -0.840. The van der Waals surface area contributed by atoms with Crippen LogP contribution >= 0.6 is 11.8 Å². The van der Waals surface area contributed by atoms with Crippen molar-refractivity contribution in [3.8, 4) is 0 Å². The number of anilines is 1. The van der Waals surface area contributed by atoms with Gasteiger partial charge in [-0.05, 0) is 31.4 Å². The Bertz CT molecular complexity index is 391. The second kappa shape index (κ2) is 7.08. The van der Waals surface area contributed by atoms with Crippen molar-refractivity contribution in [3.05, 3.63) is 24.3 Å². The molecule has 19 heavy (non-hydrogen) atoms. The van der Waals surface area contributed by atoms with Crippen LogP contribution in [0.25, 0.3) is 0 Å². The van der Waals surface area contributed by atoms with Gasteiger partial charge in [-0.1, -0.05) is 26.0 Å². The van der Waals surface area contributed by atoms with Gasteiger partial charge in [-0.2, -0.15) is 13.2 Å². The quantitative estimate of drug-likeness (QED) is 0.724. The zero-order chi connectivity index (χ0) is 14.5. The van der Waals surface area contributed by atoms with Gasteiger partial charge in [-0.3, -0.25) is 0 Å². The molecule has 0 fully saturated rings. The van der Waals surface area contributed by atoms with E-state index >= 15 is 0 Å². The minimum absolute atomic E-state index is 0.243. The number of benzene rings is 1. The van der Waals surface area contributed by atoms with Crippen LogP contribution in [0.3, 0.4) is 0 Å². The van der Waals surface area contributed by atoms with E-state index in [1.165, 1.54) is 0 Å². The smallest absolute Gasteiger partial charge is 0.382 e. The summed E-state index contributed by atoms with van der Waals surface area (Å²) in [6.45, 7) is 6.30. The van der Waals surface area contributed by atoms with Crippen LogP contribution in [-0.4, -0.2) is 18.0 Å². The molecule has 0 aliphatic carbocycles. The van der Waals surface area contributed by atoms with Crippen molar-refractivity contribution in [1.82, 2.24) is 0 Å². The maximum atomic E-state index is 12.3. The van der Waals surface area contributed by atoms with Crippen LogP contribution in [-0.2, 0) is 0 Å². The number of nitrogens with one attached hydrogen (secondary N) is 1. The van der Waals surface area contributed by atoms with E-state index in [1.54, 1.807) is 12.1 Å². The van der Waals surface area contributed by atoms with Crippen LogP contribution in [0, 0.1) is 5.92 Å². The normalized spacial score (nSPS) is 13.6. The van der Waals surface area contributed by atoms with Crippen molar-refractivity contribution < 1.29 is 13.2 Å². The van der Waals surface area contributed by atoms with Crippen LogP contribution in [0.4, 0.5) is 18.9 Å². The summed E-state index contributed by atoms with van der Waals surface area (Å²) in [5.41, 5.74) is 0.782. The van der Waals surface area contributed by atoms with E-state index in [9.17, 15) is 13.2 Å². The maximum Gasteiger partial charge on any atom is 0.398 e. The monoisotopic (exact) mass is 291 g/mol. The average molecular weight is 291 g/mol. The largest absolute Gasteiger partial charge is 0.398 e. The molecule has 0 saturated heterocycles. The number of hydrogen-bond acceptors (Lipinski definition) is 2. The van der Waals surface area contributed by atoms with Crippen molar-refractivity contribution >= 4 is 17.4 Å². The van der Waals surface area contributed by atoms with E-state index in [4.69, 9.17) is 0 Å². The standard InChI is InChI=1S/C14H20F3NS/c1-10(2)8-11(3)18-12-6-4-5-7-13(12)19-9-14(15,16)17/h4-7,10-11,18H,8-9H2,1-3H3. The van der Waals surface area contributed by atoms with E-state index in [0.29, 0.717) is 10.8 Å². The number of para-hydroxylation sites is 1. The lowest BCUT2D eigenvalue weighted by atomic mass is 10.1. The minimum Gasteiger partial charge on any atom is -0.382 e. The third kappa shape index (κ3) is 6.76. The fourth-order valence-electron chi connectivity index (χ4n) is 1.90. The molecule has 5 heteroatoms. The van der Waals surface area contributed by atoms with Crippen LogP contribution in [0.15, 0.2) is 29.2 Å². The van der Waals surface area contributed by atoms with Crippen LogP contribution in [0.5, 0.6) is 0 Å². The van der Waals surface area contributed by atoms with Gasteiger partial charge in [0.2, 0.25) is 0 Å². The highest BCUT2D eigenvalue weighted by Gasteiger charge is 2.27. The predicted octanol–water partition coefficient (Wildman–Crippen LogP) is 5.19. The summed E-state index contributed by atoms with van der Waals surface area (Å²) >= 11 is 0.827. The Morgan fingerprint density at radius 2 is 1.79 bits per heavy atom. The summed E-state index contributed by atoms with van der Waals surface area (Å²) in [5, 5.41) is 3.29. The first-order chi connectivity index (χ1) is 8.78. The topological polar surface area (TPSA) is 12.0 Å². The summed E-state index contributed by atoms with van der Waals surface area (Å²) in [4.78, 5) is 0.649. The molecule has 108 valence electrons. The van der Waals surface area contributed by atoms with E-state index in [1.807, 2.05) is 19.1 Å². The number of alkyl halides is 3. The average Bonchev–Trinajstić information content (AvgIpc) is 2.25. The van der Waals surface area contributed by atoms with Crippen molar-refractivity contribution in [2.75, 3.05) is 11.1 Å². The van der Waals surface area contributed by atoms with Crippen LogP contribution in [0.1, 0.15) is 27.2 Å². The molecule has 1 nitrogen and oxygen atoms in total. The molecule has 0 saturated carbocycles. The number of rotatable bonds is 6. The van der Waals surface area contributed by atoms with Gasteiger partial charge in [0.05, 0.1) is 5.75 Å². The Kier molecular flexibility index (Phi) is 6.04. The lowest BCUT2D eigenvalue weighted by Crippen LogP contribution is -2.18. The van der Waals surface area contributed by atoms with Crippen molar-refractivity contribution in [1.29, 1.82) is 0 Å². The highest BCUT2D eigenvalue weighted by molar-refractivity contribution is 7.99. The summed E-state index contributed by atoms with van der Waals surface area (Å²) in [7, 11) is 0. The summed E-state index contributed by atoms with van der Waals surface area (Å²) in [6, 6.07) is 7.39. The summed E-state index contributed by atoms with van der Waals surface area (Å²) < 4.78 is 36.8. The fraction of sp³-hybridized carbons (Fsp3) is 0.571. The molecular weight excluding hydrogens is 271 g/mol. The molecule has 0 bridgehead atoms. The van der Waals surface area contributed by atoms with Gasteiger partial charge in [0.25, 0.3) is 0 Å². The molecule has 0 spiro atoms. The highest BCUT2D eigenvalue weighted by atomic mass is 32.2. The molecule has 1 aromatic carbocycles. The third-order valence-electron chi connectivity index (χ3n) is 2.51. The Labute approximate surface area is 117 Å². The van der Waals surface area contributed by atoms with E-state index < -0.39 is 11.9 Å².